The fourth-order valence-electron chi connectivity index (χ4n) is 0.377. The fraction of sp³-hybridized carbons (Fsp3) is 1.00. The van der Waals surface area contributed by atoms with Crippen molar-refractivity contribution in [2.75, 3.05) is 13.3 Å². The lowest BCUT2D eigenvalue weighted by molar-refractivity contribution is 0.227. The van der Waals surface area contributed by atoms with Crippen LogP contribution in [0.15, 0.2) is 0 Å². The molecule has 2 unspecified atom stereocenters. The molecule has 0 aliphatic rings. The third-order valence-electron chi connectivity index (χ3n) is 0.399. The Labute approximate surface area is 76.4 Å². The van der Waals surface area contributed by atoms with Gasteiger partial charge in [0.25, 0.3) is 0 Å². The number of hydrogen-bond acceptors (Lipinski definition) is 3. The van der Waals surface area contributed by atoms with Crippen LogP contribution in [0.25, 0.3) is 0 Å². The Morgan fingerprint density at radius 1 is 1.23 bits per heavy atom. The second-order valence-electron chi connectivity index (χ2n) is 2.68. The van der Waals surface area contributed by atoms with Crippen molar-refractivity contribution in [3.8, 4) is 0 Å². The highest BCUT2D eigenvalue weighted by Gasteiger charge is 2.13. The summed E-state index contributed by atoms with van der Waals surface area (Å²) < 4.78 is 46.3. The van der Waals surface area contributed by atoms with Crippen molar-refractivity contribution in [2.45, 2.75) is 20.0 Å². The molecule has 0 radical (unpaired) electrons. The summed E-state index contributed by atoms with van der Waals surface area (Å²) >= 11 is 0. The third kappa shape index (κ3) is 46.7. The first-order valence-electron chi connectivity index (χ1n) is 3.37. The zero-order valence-corrected chi connectivity index (χ0v) is 9.69. The summed E-state index contributed by atoms with van der Waals surface area (Å²) in [5.74, 6) is 0. The topological polar surface area (TPSA) is 63.6 Å². The molecule has 8 heteroatoms. The average molecular weight is 238 g/mol. The van der Waals surface area contributed by atoms with Gasteiger partial charge in [0.2, 0.25) is 0 Å². The third-order valence-corrected chi connectivity index (χ3v) is 1.20. The Bertz CT molecular complexity index is 210. The first-order chi connectivity index (χ1) is 5.42. The molecule has 0 aromatic heterocycles. The van der Waals surface area contributed by atoms with E-state index in [0.717, 1.165) is 6.66 Å². The van der Waals surface area contributed by atoms with Gasteiger partial charge in [-0.2, -0.15) is 8.39 Å². The second-order valence-corrected chi connectivity index (χ2v) is 5.94. The number of hydrogen-bond donors (Lipinski definition) is 1. The van der Waals surface area contributed by atoms with Gasteiger partial charge in [-0.1, -0.05) is 0 Å². The van der Waals surface area contributed by atoms with Crippen molar-refractivity contribution < 1.29 is 26.9 Å². The van der Waals surface area contributed by atoms with Crippen LogP contribution in [0.4, 0.5) is 8.39 Å². The maximum absolute atomic E-state index is 12.0. The van der Waals surface area contributed by atoms with Gasteiger partial charge in [-0.25, -0.2) is 0 Å². The lowest BCUT2D eigenvalue weighted by Crippen LogP contribution is -1.96. The standard InChI is InChI=1S/C4H10FO2P.CH4FO2P/c1-4(2)7-8(3,5)6;1-5(2,3)4/h4H,1-3H3;1H3,(H,3,4). The van der Waals surface area contributed by atoms with Gasteiger partial charge in [-0.05, 0) is 13.8 Å². The zero-order valence-electron chi connectivity index (χ0n) is 7.90. The maximum Gasteiger partial charge on any atom is 0.364 e. The van der Waals surface area contributed by atoms with Crippen LogP contribution in [-0.2, 0) is 13.7 Å². The van der Waals surface area contributed by atoms with Gasteiger partial charge in [0.1, 0.15) is 0 Å². The van der Waals surface area contributed by atoms with Crippen molar-refractivity contribution >= 4 is 15.4 Å². The molecule has 0 aliphatic heterocycles. The van der Waals surface area contributed by atoms with Crippen LogP contribution in [0, 0.1) is 0 Å². The Morgan fingerprint density at radius 3 is 1.46 bits per heavy atom. The van der Waals surface area contributed by atoms with Crippen LogP contribution in [-0.4, -0.2) is 24.3 Å². The van der Waals surface area contributed by atoms with Gasteiger partial charge >= 0.3 is 15.4 Å². The van der Waals surface area contributed by atoms with E-state index in [1.807, 2.05) is 0 Å². The van der Waals surface area contributed by atoms with E-state index >= 15 is 0 Å². The molecule has 82 valence electrons. The highest BCUT2D eigenvalue weighted by Crippen LogP contribution is 2.45. The minimum atomic E-state index is -4.14. The Morgan fingerprint density at radius 2 is 1.46 bits per heavy atom. The van der Waals surface area contributed by atoms with E-state index < -0.39 is 15.4 Å². The lowest BCUT2D eigenvalue weighted by atomic mass is 10.5. The van der Waals surface area contributed by atoms with Crippen molar-refractivity contribution in [1.29, 1.82) is 0 Å². The maximum atomic E-state index is 12.0. The smallest absolute Gasteiger partial charge is 0.321 e. The van der Waals surface area contributed by atoms with Crippen LogP contribution in [0.3, 0.4) is 0 Å². The van der Waals surface area contributed by atoms with E-state index in [9.17, 15) is 13.0 Å². The van der Waals surface area contributed by atoms with E-state index in [1.54, 1.807) is 13.8 Å². The molecule has 0 spiro atoms. The van der Waals surface area contributed by atoms with E-state index in [2.05, 4.69) is 4.52 Å². The quantitative estimate of drug-likeness (QED) is 0.751. The molecule has 13 heavy (non-hydrogen) atoms. The molecule has 0 fully saturated rings. The van der Waals surface area contributed by atoms with Gasteiger partial charge in [0.15, 0.2) is 0 Å². The predicted molar refractivity (Wildman–Crippen MR) is 47.7 cm³/mol. The summed E-state index contributed by atoms with van der Waals surface area (Å²) in [5, 5.41) is 0. The molecule has 0 aliphatic carbocycles. The fourth-order valence-corrected chi connectivity index (χ4v) is 1.13. The Hall–Kier alpha value is 0.240. The summed E-state index contributed by atoms with van der Waals surface area (Å²) in [4.78, 5) is 7.41. The molecule has 0 aromatic rings. The van der Waals surface area contributed by atoms with Crippen LogP contribution >= 0.6 is 15.4 Å². The summed E-state index contributed by atoms with van der Waals surface area (Å²) in [6.45, 7) is 4.85. The van der Waals surface area contributed by atoms with Crippen molar-refractivity contribution in [3.63, 3.8) is 0 Å². The second kappa shape index (κ2) is 5.86. The Balaban J connectivity index is 0. The molecule has 0 saturated heterocycles. The normalized spacial score (nSPS) is 19.7. The van der Waals surface area contributed by atoms with Gasteiger partial charge in [0.05, 0.1) is 6.10 Å². The van der Waals surface area contributed by atoms with Gasteiger partial charge in [-0.3, -0.25) is 9.13 Å². The van der Waals surface area contributed by atoms with Gasteiger partial charge < -0.3 is 9.42 Å². The molecule has 0 bridgehead atoms. The van der Waals surface area contributed by atoms with Crippen molar-refractivity contribution in [3.05, 3.63) is 0 Å². The van der Waals surface area contributed by atoms with Crippen LogP contribution in [0.2, 0.25) is 0 Å². The van der Waals surface area contributed by atoms with Gasteiger partial charge in [0, 0.05) is 13.3 Å². The van der Waals surface area contributed by atoms with E-state index in [1.165, 1.54) is 0 Å². The van der Waals surface area contributed by atoms with Crippen molar-refractivity contribution in [2.24, 2.45) is 0 Å². The predicted octanol–water partition coefficient (Wildman–Crippen LogP) is 2.97. The minimum absolute atomic E-state index is 0.296. The zero-order chi connectivity index (χ0) is 11.3. The number of rotatable bonds is 2. The summed E-state index contributed by atoms with van der Waals surface area (Å²) in [7, 11) is -7.86. The molecule has 4 nitrogen and oxygen atoms in total. The average Bonchev–Trinajstić information content (AvgIpc) is 1.47. The molecule has 0 heterocycles. The Kier molecular flexibility index (Phi) is 7.08. The molecule has 0 rings (SSSR count). The van der Waals surface area contributed by atoms with E-state index in [-0.39, 0.29) is 6.10 Å². The van der Waals surface area contributed by atoms with Crippen LogP contribution < -0.4 is 0 Å². The van der Waals surface area contributed by atoms with E-state index in [4.69, 9.17) is 9.46 Å². The first kappa shape index (κ1) is 15.7. The summed E-state index contributed by atoms with van der Waals surface area (Å²) in [5.41, 5.74) is 0. The molecule has 1 N–H and O–H groups in total. The highest BCUT2D eigenvalue weighted by atomic mass is 31.2. The first-order valence-corrected chi connectivity index (χ1v) is 7.33. The SMILES string of the molecule is CC(C)OP(C)(=O)F.CP(=O)(O)F. The van der Waals surface area contributed by atoms with E-state index in [0.29, 0.717) is 6.66 Å². The van der Waals surface area contributed by atoms with Crippen molar-refractivity contribution in [1.82, 2.24) is 0 Å². The molecular formula is C5H14F2O4P2. The monoisotopic (exact) mass is 238 g/mol. The molecular weight excluding hydrogens is 224 g/mol. The molecule has 0 aromatic carbocycles. The summed E-state index contributed by atoms with van der Waals surface area (Å²) in [6.07, 6.45) is -0.296. The largest absolute Gasteiger partial charge is 0.364 e. The van der Waals surface area contributed by atoms with Gasteiger partial charge in [-0.15, -0.1) is 0 Å². The highest BCUT2D eigenvalue weighted by molar-refractivity contribution is 7.52. The van der Waals surface area contributed by atoms with Crippen LogP contribution in [0.1, 0.15) is 13.8 Å². The van der Waals surface area contributed by atoms with Crippen LogP contribution in [0.5, 0.6) is 0 Å². The molecule has 2 atom stereocenters. The minimum Gasteiger partial charge on any atom is -0.321 e. The lowest BCUT2D eigenvalue weighted by Gasteiger charge is -2.06. The molecule has 0 saturated carbocycles. The number of halogens is 2. The summed E-state index contributed by atoms with van der Waals surface area (Å²) in [6, 6.07) is 0. The molecule has 0 amide bonds.